The Bertz CT molecular complexity index is 443. The molecule has 0 aromatic carbocycles. The first kappa shape index (κ1) is 14.3. The molecule has 2 N–H and O–H groups in total. The minimum Gasteiger partial charge on any atom is -0.481 e. The second-order valence-corrected chi connectivity index (χ2v) is 5.80. The van der Waals surface area contributed by atoms with Crippen LogP contribution in [0, 0.1) is 18.8 Å². The standard InChI is InChI=1S/C14H26N4O/c1-9-6-11(9)8-17(3)12(7-15)13-10(2)16-18(4)14(13)19-5/h9,11-12H,6-8,15H2,1-5H3. The molecule has 5 nitrogen and oxygen atoms in total. The summed E-state index contributed by atoms with van der Waals surface area (Å²) in [5.74, 6) is 2.50. The van der Waals surface area contributed by atoms with Crippen LogP contribution in [0.15, 0.2) is 0 Å². The lowest BCUT2D eigenvalue weighted by molar-refractivity contribution is 0.230. The lowest BCUT2D eigenvalue weighted by Gasteiger charge is -2.27. The molecule has 19 heavy (non-hydrogen) atoms. The summed E-state index contributed by atoms with van der Waals surface area (Å²) in [7, 11) is 5.75. The lowest BCUT2D eigenvalue weighted by Crippen LogP contribution is -2.32. The molecule has 1 heterocycles. The van der Waals surface area contributed by atoms with Crippen molar-refractivity contribution in [1.29, 1.82) is 0 Å². The van der Waals surface area contributed by atoms with E-state index in [0.29, 0.717) is 6.54 Å². The highest BCUT2D eigenvalue weighted by atomic mass is 16.5. The van der Waals surface area contributed by atoms with Gasteiger partial charge in [-0.25, -0.2) is 4.68 Å². The molecule has 0 radical (unpaired) electrons. The topological polar surface area (TPSA) is 56.3 Å². The third-order valence-corrected chi connectivity index (χ3v) is 4.29. The van der Waals surface area contributed by atoms with Crippen molar-refractivity contribution in [3.05, 3.63) is 11.3 Å². The van der Waals surface area contributed by atoms with E-state index in [0.717, 1.165) is 35.5 Å². The maximum absolute atomic E-state index is 6.00. The summed E-state index contributed by atoms with van der Waals surface area (Å²) >= 11 is 0. The van der Waals surface area contributed by atoms with E-state index in [1.54, 1.807) is 11.8 Å². The fourth-order valence-corrected chi connectivity index (χ4v) is 2.95. The molecule has 1 fully saturated rings. The zero-order chi connectivity index (χ0) is 14.2. The van der Waals surface area contributed by atoms with E-state index in [1.165, 1.54) is 6.42 Å². The van der Waals surface area contributed by atoms with Crippen LogP contribution in [0.5, 0.6) is 5.88 Å². The molecule has 1 aromatic rings. The molecule has 0 amide bonds. The summed E-state index contributed by atoms with van der Waals surface area (Å²) in [5, 5.41) is 4.45. The second kappa shape index (κ2) is 5.51. The van der Waals surface area contributed by atoms with Gasteiger partial charge in [-0.3, -0.25) is 4.90 Å². The van der Waals surface area contributed by atoms with Gasteiger partial charge >= 0.3 is 0 Å². The molecule has 0 saturated heterocycles. The molecule has 1 aliphatic rings. The second-order valence-electron chi connectivity index (χ2n) is 5.80. The van der Waals surface area contributed by atoms with Crippen molar-refractivity contribution in [1.82, 2.24) is 14.7 Å². The first-order valence-corrected chi connectivity index (χ1v) is 6.97. The number of aryl methyl sites for hydroxylation is 2. The van der Waals surface area contributed by atoms with Gasteiger partial charge in [0.1, 0.15) is 0 Å². The average Bonchev–Trinajstić information content (AvgIpc) is 2.95. The Morgan fingerprint density at radius 1 is 1.58 bits per heavy atom. The van der Waals surface area contributed by atoms with Crippen LogP contribution in [-0.4, -0.2) is 41.9 Å². The van der Waals surface area contributed by atoms with Gasteiger partial charge in [-0.1, -0.05) is 6.92 Å². The van der Waals surface area contributed by atoms with E-state index < -0.39 is 0 Å². The predicted molar refractivity (Wildman–Crippen MR) is 76.2 cm³/mol. The van der Waals surface area contributed by atoms with Crippen LogP contribution in [0.3, 0.4) is 0 Å². The zero-order valence-electron chi connectivity index (χ0n) is 12.7. The Morgan fingerprint density at radius 3 is 2.68 bits per heavy atom. The van der Waals surface area contributed by atoms with Crippen LogP contribution in [-0.2, 0) is 7.05 Å². The Morgan fingerprint density at radius 2 is 2.21 bits per heavy atom. The number of likely N-dealkylation sites (N-methyl/N-ethyl adjacent to an activating group) is 1. The van der Waals surface area contributed by atoms with Crippen molar-refractivity contribution < 1.29 is 4.74 Å². The van der Waals surface area contributed by atoms with Gasteiger partial charge in [0.05, 0.1) is 24.4 Å². The van der Waals surface area contributed by atoms with Gasteiger partial charge in [0.25, 0.3) is 0 Å². The average molecular weight is 266 g/mol. The Kier molecular flexibility index (Phi) is 4.16. The van der Waals surface area contributed by atoms with Gasteiger partial charge in [0, 0.05) is 20.1 Å². The summed E-state index contributed by atoms with van der Waals surface area (Å²) in [6, 6.07) is 0.177. The molecule has 1 aromatic heterocycles. The Labute approximate surface area is 115 Å². The van der Waals surface area contributed by atoms with Crippen LogP contribution < -0.4 is 10.5 Å². The quantitative estimate of drug-likeness (QED) is 0.844. The molecule has 108 valence electrons. The minimum atomic E-state index is 0.177. The molecule has 1 aliphatic carbocycles. The van der Waals surface area contributed by atoms with E-state index in [2.05, 4.69) is 24.0 Å². The van der Waals surface area contributed by atoms with Crippen molar-refractivity contribution in [2.75, 3.05) is 27.2 Å². The number of rotatable bonds is 6. The molecule has 0 bridgehead atoms. The van der Waals surface area contributed by atoms with Crippen LogP contribution >= 0.6 is 0 Å². The van der Waals surface area contributed by atoms with Crippen molar-refractivity contribution >= 4 is 0 Å². The number of nitrogens with zero attached hydrogens (tertiary/aromatic N) is 3. The molecule has 0 aliphatic heterocycles. The smallest absolute Gasteiger partial charge is 0.216 e. The Balaban J connectivity index is 2.20. The highest BCUT2D eigenvalue weighted by Crippen LogP contribution is 2.40. The largest absolute Gasteiger partial charge is 0.481 e. The fourth-order valence-electron chi connectivity index (χ4n) is 2.95. The molecule has 1 saturated carbocycles. The number of hydrogen-bond acceptors (Lipinski definition) is 4. The number of hydrogen-bond donors (Lipinski definition) is 1. The van der Waals surface area contributed by atoms with Crippen LogP contribution in [0.1, 0.15) is 30.6 Å². The van der Waals surface area contributed by atoms with E-state index in [4.69, 9.17) is 10.5 Å². The molecular weight excluding hydrogens is 240 g/mol. The van der Waals surface area contributed by atoms with Gasteiger partial charge in [-0.05, 0) is 32.2 Å². The van der Waals surface area contributed by atoms with Crippen LogP contribution in [0.25, 0.3) is 0 Å². The lowest BCUT2D eigenvalue weighted by atomic mass is 10.1. The predicted octanol–water partition coefficient (Wildman–Crippen LogP) is 1.32. The van der Waals surface area contributed by atoms with E-state index in [9.17, 15) is 0 Å². The minimum absolute atomic E-state index is 0.177. The summed E-state index contributed by atoms with van der Waals surface area (Å²) in [6.07, 6.45) is 1.34. The fraction of sp³-hybridized carbons (Fsp3) is 0.786. The van der Waals surface area contributed by atoms with Crippen LogP contribution in [0.4, 0.5) is 0 Å². The van der Waals surface area contributed by atoms with Crippen LogP contribution in [0.2, 0.25) is 0 Å². The van der Waals surface area contributed by atoms with Gasteiger partial charge in [0.2, 0.25) is 5.88 Å². The number of aromatic nitrogens is 2. The maximum atomic E-state index is 6.00. The highest BCUT2D eigenvalue weighted by Gasteiger charge is 2.35. The van der Waals surface area contributed by atoms with E-state index in [1.807, 2.05) is 14.0 Å². The SMILES string of the molecule is COc1c(C(CN)N(C)CC2CC2C)c(C)nn1C. The Hall–Kier alpha value is -1.07. The van der Waals surface area contributed by atoms with E-state index in [-0.39, 0.29) is 6.04 Å². The first-order chi connectivity index (χ1) is 8.99. The third-order valence-electron chi connectivity index (χ3n) is 4.29. The molecule has 5 heteroatoms. The molecular formula is C14H26N4O. The van der Waals surface area contributed by atoms with Gasteiger partial charge < -0.3 is 10.5 Å². The third kappa shape index (κ3) is 2.77. The van der Waals surface area contributed by atoms with Crippen molar-refractivity contribution in [3.63, 3.8) is 0 Å². The maximum Gasteiger partial charge on any atom is 0.216 e. The molecule has 3 unspecified atom stereocenters. The molecule has 0 spiro atoms. The van der Waals surface area contributed by atoms with Crippen molar-refractivity contribution in [3.8, 4) is 5.88 Å². The van der Waals surface area contributed by atoms with Gasteiger partial charge in [0.15, 0.2) is 0 Å². The first-order valence-electron chi connectivity index (χ1n) is 6.97. The van der Waals surface area contributed by atoms with Gasteiger partial charge in [-0.2, -0.15) is 5.10 Å². The van der Waals surface area contributed by atoms with Crippen molar-refractivity contribution in [2.45, 2.75) is 26.3 Å². The highest BCUT2D eigenvalue weighted by molar-refractivity contribution is 5.34. The molecule has 3 atom stereocenters. The summed E-state index contributed by atoms with van der Waals surface area (Å²) in [6.45, 7) is 6.01. The number of nitrogens with two attached hydrogens (primary N) is 1. The number of ether oxygens (including phenoxy) is 1. The normalized spacial score (nSPS) is 23.7. The van der Waals surface area contributed by atoms with Crippen molar-refractivity contribution in [2.24, 2.45) is 24.6 Å². The zero-order valence-corrected chi connectivity index (χ0v) is 12.7. The van der Waals surface area contributed by atoms with E-state index >= 15 is 0 Å². The summed E-state index contributed by atoms with van der Waals surface area (Å²) in [4.78, 5) is 2.35. The van der Waals surface area contributed by atoms with Gasteiger partial charge in [-0.15, -0.1) is 0 Å². The molecule has 2 rings (SSSR count). The summed E-state index contributed by atoms with van der Waals surface area (Å²) < 4.78 is 7.28. The number of methoxy groups -OCH3 is 1. The monoisotopic (exact) mass is 266 g/mol. The summed E-state index contributed by atoms with van der Waals surface area (Å²) in [5.41, 5.74) is 8.14.